The quantitative estimate of drug-likeness (QED) is 0.197. The Morgan fingerprint density at radius 1 is 0.907 bits per heavy atom. The molecule has 0 aliphatic heterocycles. The third-order valence-electron chi connectivity index (χ3n) is 5.90. The maximum absolute atomic E-state index is 12.8. The van der Waals surface area contributed by atoms with Crippen LogP contribution in [0.3, 0.4) is 0 Å². The fourth-order valence-electron chi connectivity index (χ4n) is 3.83. The van der Waals surface area contributed by atoms with Gasteiger partial charge in [0.15, 0.2) is 0 Å². The standard InChI is InChI=1S/C30H32F3N3O7/c1-2-41-27(38)25-10-6-7-11-26(25)36-29(40)35-21-14-12-20(13-15-21)16-22(18-37)34-17-24(43-28(39)30(31,32)33)19-42-23-8-4-3-5-9-23/h3-15,22,24,34,37H,2,16-19H2,1H3,(H2,35,36,40)/t22-,24-/m0/s1. The number of aliphatic hydroxyl groups excluding tert-OH is 1. The van der Waals surface area contributed by atoms with Gasteiger partial charge in [-0.05, 0) is 55.3 Å². The number of halogens is 3. The van der Waals surface area contributed by atoms with Gasteiger partial charge in [0.1, 0.15) is 18.5 Å². The molecule has 0 saturated heterocycles. The van der Waals surface area contributed by atoms with Gasteiger partial charge in [0.05, 0.1) is 24.5 Å². The Kier molecular flexibility index (Phi) is 12.3. The normalized spacial score (nSPS) is 12.5. The maximum Gasteiger partial charge on any atom is 0.490 e. The second-order valence-electron chi connectivity index (χ2n) is 9.18. The number of carbonyl (C=O) groups is 3. The number of para-hydroxylation sites is 2. The first-order chi connectivity index (χ1) is 20.6. The first kappa shape index (κ1) is 32.9. The summed E-state index contributed by atoms with van der Waals surface area (Å²) < 4.78 is 53.5. The van der Waals surface area contributed by atoms with Crippen LogP contribution in [0.25, 0.3) is 0 Å². The summed E-state index contributed by atoms with van der Waals surface area (Å²) >= 11 is 0. The van der Waals surface area contributed by atoms with E-state index in [1.54, 1.807) is 79.7 Å². The average molecular weight is 604 g/mol. The molecular formula is C30H32F3N3O7. The Bertz CT molecular complexity index is 1340. The van der Waals surface area contributed by atoms with Crippen molar-refractivity contribution in [3.63, 3.8) is 0 Å². The Balaban J connectivity index is 1.55. The molecule has 3 aromatic carbocycles. The molecule has 43 heavy (non-hydrogen) atoms. The van der Waals surface area contributed by atoms with Gasteiger partial charge in [0.25, 0.3) is 0 Å². The minimum atomic E-state index is -5.17. The van der Waals surface area contributed by atoms with Crippen molar-refractivity contribution >= 4 is 29.3 Å². The van der Waals surface area contributed by atoms with Crippen LogP contribution in [0.2, 0.25) is 0 Å². The molecule has 10 nitrogen and oxygen atoms in total. The van der Waals surface area contributed by atoms with Gasteiger partial charge in [-0.15, -0.1) is 0 Å². The number of nitrogens with one attached hydrogen (secondary N) is 3. The average Bonchev–Trinajstić information content (AvgIpc) is 2.99. The molecule has 0 aliphatic carbocycles. The van der Waals surface area contributed by atoms with E-state index in [0.717, 1.165) is 5.56 Å². The van der Waals surface area contributed by atoms with Crippen molar-refractivity contribution in [3.05, 3.63) is 90.0 Å². The lowest BCUT2D eigenvalue weighted by atomic mass is 10.1. The lowest BCUT2D eigenvalue weighted by molar-refractivity contribution is -0.205. The van der Waals surface area contributed by atoms with E-state index in [1.165, 1.54) is 6.07 Å². The summed E-state index contributed by atoms with van der Waals surface area (Å²) in [5.74, 6) is -2.52. The summed E-state index contributed by atoms with van der Waals surface area (Å²) in [5.41, 5.74) is 1.68. The number of ether oxygens (including phenoxy) is 3. The molecule has 0 fully saturated rings. The molecule has 0 aliphatic rings. The molecule has 0 bridgehead atoms. The fraction of sp³-hybridized carbons (Fsp3) is 0.300. The fourth-order valence-corrected chi connectivity index (χ4v) is 3.83. The van der Waals surface area contributed by atoms with Crippen LogP contribution in [0.4, 0.5) is 29.3 Å². The SMILES string of the molecule is CCOC(=O)c1ccccc1NC(=O)Nc1ccc(C[C@@H](CO)NC[C@@H](COc2ccccc2)OC(=O)C(F)(F)F)cc1. The van der Waals surface area contributed by atoms with Gasteiger partial charge in [-0.2, -0.15) is 13.2 Å². The van der Waals surface area contributed by atoms with E-state index in [0.29, 0.717) is 11.4 Å². The lowest BCUT2D eigenvalue weighted by Gasteiger charge is -2.23. The predicted octanol–water partition coefficient (Wildman–Crippen LogP) is 4.55. The van der Waals surface area contributed by atoms with Gasteiger partial charge in [0.2, 0.25) is 0 Å². The van der Waals surface area contributed by atoms with E-state index < -0.39 is 36.3 Å². The first-order valence-electron chi connectivity index (χ1n) is 13.3. The first-order valence-corrected chi connectivity index (χ1v) is 13.3. The molecule has 3 rings (SSSR count). The monoisotopic (exact) mass is 603 g/mol. The summed E-state index contributed by atoms with van der Waals surface area (Å²) in [4.78, 5) is 36.1. The molecule has 3 aromatic rings. The van der Waals surface area contributed by atoms with E-state index >= 15 is 0 Å². The Morgan fingerprint density at radius 2 is 1.58 bits per heavy atom. The van der Waals surface area contributed by atoms with Gasteiger partial charge in [-0.25, -0.2) is 14.4 Å². The molecule has 230 valence electrons. The molecule has 0 unspecified atom stereocenters. The minimum absolute atomic E-state index is 0.188. The minimum Gasteiger partial charge on any atom is -0.490 e. The summed E-state index contributed by atoms with van der Waals surface area (Å²) in [5, 5.41) is 18.0. The number of esters is 2. The number of hydrogen-bond donors (Lipinski definition) is 4. The number of anilines is 2. The predicted molar refractivity (Wildman–Crippen MR) is 152 cm³/mol. The number of urea groups is 1. The van der Waals surface area contributed by atoms with E-state index in [4.69, 9.17) is 9.47 Å². The van der Waals surface area contributed by atoms with E-state index in [1.807, 2.05) is 0 Å². The van der Waals surface area contributed by atoms with Crippen molar-refractivity contribution in [1.29, 1.82) is 0 Å². The number of rotatable bonds is 14. The van der Waals surface area contributed by atoms with Crippen molar-refractivity contribution in [3.8, 4) is 5.75 Å². The highest BCUT2D eigenvalue weighted by Gasteiger charge is 2.42. The van der Waals surface area contributed by atoms with Crippen molar-refractivity contribution in [1.82, 2.24) is 5.32 Å². The second-order valence-corrected chi connectivity index (χ2v) is 9.18. The van der Waals surface area contributed by atoms with E-state index in [2.05, 4.69) is 20.7 Å². The van der Waals surface area contributed by atoms with Gasteiger partial charge in [-0.1, -0.05) is 42.5 Å². The van der Waals surface area contributed by atoms with E-state index in [9.17, 15) is 32.7 Å². The summed E-state index contributed by atoms with van der Waals surface area (Å²) in [6.07, 6.45) is -6.18. The van der Waals surface area contributed by atoms with Crippen LogP contribution in [0.15, 0.2) is 78.9 Å². The molecule has 0 spiro atoms. The zero-order valence-electron chi connectivity index (χ0n) is 23.2. The van der Waals surface area contributed by atoms with E-state index in [-0.39, 0.29) is 44.0 Å². The largest absolute Gasteiger partial charge is 0.490 e. The van der Waals surface area contributed by atoms with Crippen LogP contribution in [-0.4, -0.2) is 67.8 Å². The van der Waals surface area contributed by atoms with Crippen molar-refractivity contribution < 1.29 is 46.9 Å². The van der Waals surface area contributed by atoms with Gasteiger partial charge in [-0.3, -0.25) is 0 Å². The zero-order chi connectivity index (χ0) is 31.2. The molecule has 13 heteroatoms. The number of carbonyl (C=O) groups excluding carboxylic acids is 3. The smallest absolute Gasteiger partial charge is 0.490 e. The Labute approximate surface area is 246 Å². The molecule has 0 saturated carbocycles. The molecule has 0 radical (unpaired) electrons. The molecule has 0 heterocycles. The third-order valence-corrected chi connectivity index (χ3v) is 5.90. The summed E-state index contributed by atoms with van der Waals surface area (Å²) in [6.45, 7) is 0.947. The Morgan fingerprint density at radius 3 is 2.23 bits per heavy atom. The van der Waals surface area contributed by atoms with Crippen LogP contribution < -0.4 is 20.7 Å². The highest BCUT2D eigenvalue weighted by Crippen LogP contribution is 2.19. The topological polar surface area (TPSA) is 135 Å². The van der Waals surface area contributed by atoms with Gasteiger partial charge >= 0.3 is 24.1 Å². The summed E-state index contributed by atoms with van der Waals surface area (Å²) in [6, 6.07) is 20.2. The van der Waals surface area contributed by atoms with Crippen LogP contribution in [0, 0.1) is 0 Å². The van der Waals surface area contributed by atoms with Crippen molar-refractivity contribution in [2.75, 3.05) is 37.0 Å². The van der Waals surface area contributed by atoms with Crippen molar-refractivity contribution in [2.45, 2.75) is 31.7 Å². The highest BCUT2D eigenvalue weighted by atomic mass is 19.4. The van der Waals surface area contributed by atoms with Crippen molar-refractivity contribution in [2.24, 2.45) is 0 Å². The highest BCUT2D eigenvalue weighted by molar-refractivity contribution is 6.05. The number of alkyl halides is 3. The molecule has 4 N–H and O–H groups in total. The number of aliphatic hydroxyl groups is 1. The molecule has 0 aromatic heterocycles. The van der Waals surface area contributed by atoms with Gasteiger partial charge in [0, 0.05) is 18.3 Å². The third kappa shape index (κ3) is 10.9. The van der Waals surface area contributed by atoms with Crippen LogP contribution in [0.1, 0.15) is 22.8 Å². The number of amides is 2. The number of benzene rings is 3. The van der Waals surface area contributed by atoms with Crippen LogP contribution >= 0.6 is 0 Å². The molecular weight excluding hydrogens is 571 g/mol. The summed E-state index contributed by atoms with van der Waals surface area (Å²) in [7, 11) is 0. The van der Waals surface area contributed by atoms with Crippen LogP contribution in [-0.2, 0) is 20.7 Å². The maximum atomic E-state index is 12.8. The molecule has 2 amide bonds. The number of hydrogen-bond acceptors (Lipinski definition) is 8. The zero-order valence-corrected chi connectivity index (χ0v) is 23.2. The molecule has 2 atom stereocenters. The van der Waals surface area contributed by atoms with Gasteiger partial charge < -0.3 is 35.3 Å². The van der Waals surface area contributed by atoms with Crippen LogP contribution in [0.5, 0.6) is 5.75 Å². The lowest BCUT2D eigenvalue weighted by Crippen LogP contribution is -2.44. The Hall–Kier alpha value is -4.62. The second kappa shape index (κ2) is 16.1.